The SMILES string of the molecule is C=CCCC(=O)Cc1ccc(-c2ccc(O)c3c2C[C@]2(C)C[C@]4(C)C(C(C)C)C(O)=C(C(C)=O)C(=O)[C@]4(O)C(O)=C2C3=O)cc1. The van der Waals surface area contributed by atoms with E-state index in [1.165, 1.54) is 6.07 Å². The Hall–Kier alpha value is -4.30. The van der Waals surface area contributed by atoms with Gasteiger partial charge >= 0.3 is 0 Å². The third-order valence-electron chi connectivity index (χ3n) is 10.2. The van der Waals surface area contributed by atoms with Gasteiger partial charge in [-0.05, 0) is 60.4 Å². The van der Waals surface area contributed by atoms with Gasteiger partial charge in [0.15, 0.2) is 17.2 Å². The summed E-state index contributed by atoms with van der Waals surface area (Å²) in [4.78, 5) is 52.9. The van der Waals surface area contributed by atoms with Crippen LogP contribution in [0.1, 0.15) is 75.4 Å². The third-order valence-corrected chi connectivity index (χ3v) is 10.2. The molecule has 0 bridgehead atoms. The molecule has 0 aromatic heterocycles. The number of carbonyl (C=O) groups is 4. The number of hydrogen-bond acceptors (Lipinski definition) is 8. The van der Waals surface area contributed by atoms with Gasteiger partial charge in [-0.3, -0.25) is 19.2 Å². The summed E-state index contributed by atoms with van der Waals surface area (Å²) in [6.07, 6.45) is 3.23. The van der Waals surface area contributed by atoms with E-state index in [-0.39, 0.29) is 47.8 Å². The Bertz CT molecular complexity index is 1720. The van der Waals surface area contributed by atoms with E-state index < -0.39 is 56.8 Å². The number of carbonyl (C=O) groups excluding carboxylic acids is 4. The molecular formula is C37H40O8. The van der Waals surface area contributed by atoms with Gasteiger partial charge in [0.1, 0.15) is 28.6 Å². The minimum atomic E-state index is -2.65. The maximum absolute atomic E-state index is 14.3. The number of fused-ring (bicyclic) bond motifs is 3. The fourth-order valence-corrected chi connectivity index (χ4v) is 8.38. The lowest BCUT2D eigenvalue weighted by atomic mass is 9.44. The molecule has 3 aliphatic carbocycles. The Kier molecular flexibility index (Phi) is 7.81. The largest absolute Gasteiger partial charge is 0.511 e. The summed E-state index contributed by atoms with van der Waals surface area (Å²) in [5.74, 6) is -5.31. The molecule has 8 nitrogen and oxygen atoms in total. The molecule has 4 atom stereocenters. The van der Waals surface area contributed by atoms with Crippen LogP contribution in [0.4, 0.5) is 0 Å². The summed E-state index contributed by atoms with van der Waals surface area (Å²) in [6.45, 7) is 11.8. The highest BCUT2D eigenvalue weighted by atomic mass is 16.3. The Morgan fingerprint density at radius 1 is 1.04 bits per heavy atom. The van der Waals surface area contributed by atoms with Gasteiger partial charge in [-0.25, -0.2) is 0 Å². The van der Waals surface area contributed by atoms with E-state index in [1.807, 2.05) is 24.3 Å². The zero-order chi connectivity index (χ0) is 33.2. The molecule has 236 valence electrons. The Morgan fingerprint density at radius 3 is 2.27 bits per heavy atom. The Morgan fingerprint density at radius 2 is 1.69 bits per heavy atom. The molecule has 0 amide bonds. The van der Waals surface area contributed by atoms with Gasteiger partial charge in [-0.2, -0.15) is 0 Å². The van der Waals surface area contributed by atoms with Crippen LogP contribution in [0.25, 0.3) is 11.1 Å². The predicted octanol–water partition coefficient (Wildman–Crippen LogP) is 6.09. The molecule has 2 aromatic rings. The predicted molar refractivity (Wildman–Crippen MR) is 169 cm³/mol. The normalized spacial score (nSPS) is 27.7. The van der Waals surface area contributed by atoms with Gasteiger partial charge in [-0.1, -0.05) is 64.1 Å². The monoisotopic (exact) mass is 612 g/mol. The minimum absolute atomic E-state index is 0.0196. The van der Waals surface area contributed by atoms with E-state index in [2.05, 4.69) is 6.58 Å². The molecule has 5 rings (SSSR count). The number of aliphatic hydroxyl groups is 3. The number of benzene rings is 2. The zero-order valence-corrected chi connectivity index (χ0v) is 26.4. The molecule has 45 heavy (non-hydrogen) atoms. The maximum Gasteiger partial charge on any atom is 0.209 e. The summed E-state index contributed by atoms with van der Waals surface area (Å²) in [7, 11) is 0. The highest BCUT2D eigenvalue weighted by Gasteiger charge is 2.71. The molecule has 8 heteroatoms. The van der Waals surface area contributed by atoms with Crippen LogP contribution >= 0.6 is 0 Å². The smallest absolute Gasteiger partial charge is 0.209 e. The Balaban J connectivity index is 1.66. The van der Waals surface area contributed by atoms with Crippen molar-refractivity contribution in [3.63, 3.8) is 0 Å². The summed E-state index contributed by atoms with van der Waals surface area (Å²) in [5.41, 5.74) is -3.20. The first-order valence-corrected chi connectivity index (χ1v) is 15.3. The number of allylic oxidation sites excluding steroid dienone is 3. The standard InChI is InChI=1S/C37H40O8/c1-7-8-9-23(39)16-21-10-12-22(13-11-21)24-14-15-26(40)28-25(24)17-35(5)18-36(6)29(19(2)3)31(41)27(20(4)38)33(43)37(36,45)34(44)30(35)32(28)42/h7,10-15,19,29,40-41,44-45H,1,8-9,16-18H2,2-6H3/t29?,35-,36-,37+/m1/s1. The lowest BCUT2D eigenvalue weighted by Crippen LogP contribution is -2.67. The second-order valence-corrected chi connectivity index (χ2v) is 13.7. The first-order valence-electron chi connectivity index (χ1n) is 15.3. The minimum Gasteiger partial charge on any atom is -0.511 e. The van der Waals surface area contributed by atoms with Crippen LogP contribution in [0.15, 0.2) is 71.7 Å². The van der Waals surface area contributed by atoms with E-state index in [0.29, 0.717) is 24.0 Å². The quantitative estimate of drug-likeness (QED) is 0.207. The molecule has 1 unspecified atom stereocenters. The summed E-state index contributed by atoms with van der Waals surface area (Å²) in [6, 6.07) is 10.6. The molecular weight excluding hydrogens is 572 g/mol. The van der Waals surface area contributed by atoms with Crippen molar-refractivity contribution in [1.29, 1.82) is 0 Å². The summed E-state index contributed by atoms with van der Waals surface area (Å²) < 4.78 is 0. The topological polar surface area (TPSA) is 149 Å². The van der Waals surface area contributed by atoms with E-state index in [4.69, 9.17) is 0 Å². The molecule has 0 fully saturated rings. The summed E-state index contributed by atoms with van der Waals surface area (Å²) >= 11 is 0. The first kappa shape index (κ1) is 32.1. The highest BCUT2D eigenvalue weighted by Crippen LogP contribution is 2.65. The van der Waals surface area contributed by atoms with E-state index >= 15 is 0 Å². The van der Waals surface area contributed by atoms with E-state index in [0.717, 1.165) is 18.1 Å². The van der Waals surface area contributed by atoms with Gasteiger partial charge in [0.2, 0.25) is 5.78 Å². The van der Waals surface area contributed by atoms with E-state index in [1.54, 1.807) is 39.8 Å². The third kappa shape index (κ3) is 4.60. The number of aromatic hydroxyl groups is 1. The van der Waals surface area contributed by atoms with Gasteiger partial charge in [0.05, 0.1) is 5.56 Å². The molecule has 0 radical (unpaired) electrons. The highest BCUT2D eigenvalue weighted by molar-refractivity contribution is 6.25. The van der Waals surface area contributed by atoms with Crippen molar-refractivity contribution in [3.05, 3.63) is 88.4 Å². The van der Waals surface area contributed by atoms with Crippen LogP contribution in [-0.4, -0.2) is 49.2 Å². The summed E-state index contributed by atoms with van der Waals surface area (Å²) in [5, 5.41) is 46.3. The van der Waals surface area contributed by atoms with Crippen LogP contribution in [0.5, 0.6) is 5.75 Å². The molecule has 0 saturated heterocycles. The average molecular weight is 613 g/mol. The van der Waals surface area contributed by atoms with Crippen molar-refractivity contribution in [2.75, 3.05) is 0 Å². The van der Waals surface area contributed by atoms with Gasteiger partial charge < -0.3 is 20.4 Å². The zero-order valence-electron chi connectivity index (χ0n) is 26.4. The van der Waals surface area contributed by atoms with Crippen LogP contribution in [-0.2, 0) is 27.2 Å². The number of hydrogen-bond donors (Lipinski definition) is 4. The van der Waals surface area contributed by atoms with Crippen molar-refractivity contribution >= 4 is 23.1 Å². The lowest BCUT2D eigenvalue weighted by molar-refractivity contribution is -0.171. The second kappa shape index (κ2) is 10.9. The van der Waals surface area contributed by atoms with Crippen LogP contribution in [0, 0.1) is 22.7 Å². The first-order chi connectivity index (χ1) is 21.0. The number of aliphatic hydroxyl groups excluding tert-OH is 2. The number of rotatable bonds is 8. The lowest BCUT2D eigenvalue weighted by Gasteiger charge is -2.59. The van der Waals surface area contributed by atoms with Crippen molar-refractivity contribution in [1.82, 2.24) is 0 Å². The van der Waals surface area contributed by atoms with Crippen LogP contribution < -0.4 is 0 Å². The molecule has 4 N–H and O–H groups in total. The van der Waals surface area contributed by atoms with Crippen LogP contribution in [0.3, 0.4) is 0 Å². The number of phenolic OH excluding ortho intramolecular Hbond substituents is 1. The molecule has 0 saturated carbocycles. The van der Waals surface area contributed by atoms with Gasteiger partial charge in [0.25, 0.3) is 0 Å². The number of phenols is 1. The number of Topliss-reactive ketones (excluding diaryl/α,β-unsaturated/α-hetero) is 4. The van der Waals surface area contributed by atoms with Crippen molar-refractivity contribution in [2.24, 2.45) is 22.7 Å². The molecule has 3 aliphatic rings. The number of ketones is 4. The van der Waals surface area contributed by atoms with Crippen molar-refractivity contribution in [2.45, 2.75) is 72.3 Å². The van der Waals surface area contributed by atoms with E-state index in [9.17, 15) is 39.6 Å². The fraction of sp³-hybridized carbons (Fsp3) is 0.405. The molecule has 2 aromatic carbocycles. The average Bonchev–Trinajstić information content (AvgIpc) is 2.94. The van der Waals surface area contributed by atoms with Crippen molar-refractivity contribution in [3.8, 4) is 16.9 Å². The van der Waals surface area contributed by atoms with Crippen LogP contribution in [0.2, 0.25) is 0 Å². The maximum atomic E-state index is 14.3. The molecule has 0 spiro atoms. The molecule has 0 aliphatic heterocycles. The fourth-order valence-electron chi connectivity index (χ4n) is 8.38. The Labute approximate surface area is 262 Å². The van der Waals surface area contributed by atoms with Gasteiger partial charge in [0, 0.05) is 35.2 Å². The molecule has 0 heterocycles. The second-order valence-electron chi connectivity index (χ2n) is 13.7. The van der Waals surface area contributed by atoms with Crippen molar-refractivity contribution < 1.29 is 39.6 Å². The van der Waals surface area contributed by atoms with Gasteiger partial charge in [-0.15, -0.1) is 6.58 Å².